The third-order valence-electron chi connectivity index (χ3n) is 5.01. The van der Waals surface area contributed by atoms with Gasteiger partial charge in [-0.05, 0) is 53.6 Å². The van der Waals surface area contributed by atoms with E-state index in [2.05, 4.69) is 73.7 Å². The van der Waals surface area contributed by atoms with Gasteiger partial charge in [0.2, 0.25) is 0 Å². The summed E-state index contributed by atoms with van der Waals surface area (Å²) in [6, 6.07) is 26.1. The highest BCUT2D eigenvalue weighted by Crippen LogP contribution is 2.54. The first-order chi connectivity index (χ1) is 11.2. The Kier molecular flexibility index (Phi) is 3.50. The summed E-state index contributed by atoms with van der Waals surface area (Å²) in [6.07, 6.45) is 2.44. The smallest absolute Gasteiger partial charge is 0.0435 e. The normalized spacial score (nSPS) is 15.4. The molecule has 1 aliphatic rings. The number of aryl methyl sites for hydroxylation is 1. The van der Waals surface area contributed by atoms with Crippen molar-refractivity contribution in [2.24, 2.45) is 0 Å². The highest BCUT2D eigenvalue weighted by atomic mass is 35.5. The Labute approximate surface area is 142 Å². The van der Waals surface area contributed by atoms with Crippen LogP contribution in [-0.4, -0.2) is 0 Å². The van der Waals surface area contributed by atoms with Crippen molar-refractivity contribution in [2.45, 2.75) is 25.2 Å². The lowest BCUT2D eigenvalue weighted by molar-refractivity contribution is 0.846. The first-order valence-electron chi connectivity index (χ1n) is 8.12. The van der Waals surface area contributed by atoms with Crippen molar-refractivity contribution < 1.29 is 0 Å². The topological polar surface area (TPSA) is 0 Å². The average molecular weight is 319 g/mol. The Morgan fingerprint density at radius 3 is 1.96 bits per heavy atom. The quantitative estimate of drug-likeness (QED) is 0.524. The van der Waals surface area contributed by atoms with Gasteiger partial charge < -0.3 is 0 Å². The molecule has 0 nitrogen and oxygen atoms in total. The van der Waals surface area contributed by atoms with Gasteiger partial charge >= 0.3 is 0 Å². The van der Waals surface area contributed by atoms with Gasteiger partial charge in [0.1, 0.15) is 0 Å². The minimum Gasteiger partial charge on any atom is -0.0841 e. The van der Waals surface area contributed by atoms with Crippen LogP contribution < -0.4 is 0 Å². The molecular formula is C22H19Cl. The maximum atomic E-state index is 6.19. The van der Waals surface area contributed by atoms with Gasteiger partial charge in [-0.2, -0.15) is 0 Å². The molecule has 0 spiro atoms. The second-order valence-electron chi connectivity index (χ2n) is 6.49. The van der Waals surface area contributed by atoms with Crippen LogP contribution in [0, 0.1) is 6.92 Å². The molecule has 0 saturated heterocycles. The Hall–Kier alpha value is -2.05. The van der Waals surface area contributed by atoms with Crippen LogP contribution in [0.3, 0.4) is 0 Å². The molecule has 114 valence electrons. The molecule has 0 N–H and O–H groups in total. The molecular weight excluding hydrogens is 300 g/mol. The summed E-state index contributed by atoms with van der Waals surface area (Å²) in [5.41, 5.74) is 6.72. The monoisotopic (exact) mass is 318 g/mol. The van der Waals surface area contributed by atoms with Crippen molar-refractivity contribution in [1.82, 2.24) is 0 Å². The van der Waals surface area contributed by atoms with Crippen molar-refractivity contribution in [3.63, 3.8) is 0 Å². The van der Waals surface area contributed by atoms with Crippen molar-refractivity contribution in [3.8, 4) is 11.1 Å². The average Bonchev–Trinajstić information content (AvgIpc) is 3.40. The summed E-state index contributed by atoms with van der Waals surface area (Å²) in [6.45, 7) is 2.08. The maximum Gasteiger partial charge on any atom is 0.0435 e. The summed E-state index contributed by atoms with van der Waals surface area (Å²) in [5.74, 6) is 0. The molecule has 0 amide bonds. The van der Waals surface area contributed by atoms with E-state index >= 15 is 0 Å². The fraction of sp³-hybridized carbons (Fsp3) is 0.182. The van der Waals surface area contributed by atoms with E-state index in [4.69, 9.17) is 11.6 Å². The molecule has 0 bridgehead atoms. The Morgan fingerprint density at radius 1 is 0.739 bits per heavy atom. The molecule has 0 atom stereocenters. The predicted molar refractivity (Wildman–Crippen MR) is 98.1 cm³/mol. The number of halogens is 1. The van der Waals surface area contributed by atoms with Crippen molar-refractivity contribution in [1.29, 1.82) is 0 Å². The van der Waals surface area contributed by atoms with Gasteiger partial charge in [0.05, 0.1) is 0 Å². The molecule has 3 aromatic carbocycles. The molecule has 3 aromatic rings. The van der Waals surface area contributed by atoms with Crippen LogP contribution in [0.15, 0.2) is 72.8 Å². The van der Waals surface area contributed by atoms with Crippen LogP contribution in [0.1, 0.15) is 29.5 Å². The number of hydrogen-bond acceptors (Lipinski definition) is 0. The van der Waals surface area contributed by atoms with E-state index in [-0.39, 0.29) is 5.41 Å². The van der Waals surface area contributed by atoms with Gasteiger partial charge in [-0.3, -0.25) is 0 Å². The van der Waals surface area contributed by atoms with Crippen LogP contribution >= 0.6 is 11.6 Å². The standard InChI is InChI=1S/C22H19Cl/c1-16-15-20(11-12-21(16)23)22(13-14-22)19-9-7-18(8-10-19)17-5-3-2-4-6-17/h2-12,15H,13-14H2,1H3. The van der Waals surface area contributed by atoms with Crippen molar-refractivity contribution >= 4 is 11.6 Å². The van der Waals surface area contributed by atoms with Gasteiger partial charge in [-0.1, -0.05) is 78.3 Å². The van der Waals surface area contributed by atoms with E-state index in [1.165, 1.54) is 35.1 Å². The zero-order valence-corrected chi connectivity index (χ0v) is 14.0. The highest BCUT2D eigenvalue weighted by Gasteiger charge is 2.45. The summed E-state index contributed by atoms with van der Waals surface area (Å²) >= 11 is 6.19. The van der Waals surface area contributed by atoms with Gasteiger partial charge in [-0.25, -0.2) is 0 Å². The lowest BCUT2D eigenvalue weighted by Crippen LogP contribution is -2.08. The van der Waals surface area contributed by atoms with E-state index in [0.29, 0.717) is 0 Å². The summed E-state index contributed by atoms with van der Waals surface area (Å²) in [4.78, 5) is 0. The molecule has 4 rings (SSSR count). The van der Waals surface area contributed by atoms with Crippen LogP contribution in [0.25, 0.3) is 11.1 Å². The molecule has 1 fully saturated rings. The van der Waals surface area contributed by atoms with Crippen LogP contribution in [0.2, 0.25) is 5.02 Å². The number of hydrogen-bond donors (Lipinski definition) is 0. The predicted octanol–water partition coefficient (Wildman–Crippen LogP) is 6.40. The fourth-order valence-corrected chi connectivity index (χ4v) is 3.54. The molecule has 0 heterocycles. The van der Waals surface area contributed by atoms with Crippen LogP contribution in [-0.2, 0) is 5.41 Å². The van der Waals surface area contributed by atoms with Gasteiger partial charge in [-0.15, -0.1) is 0 Å². The first kappa shape index (κ1) is 14.5. The van der Waals surface area contributed by atoms with E-state index in [1.54, 1.807) is 0 Å². The van der Waals surface area contributed by atoms with Crippen molar-refractivity contribution in [3.05, 3.63) is 94.5 Å². The molecule has 1 aliphatic carbocycles. The Morgan fingerprint density at radius 2 is 1.35 bits per heavy atom. The molecule has 23 heavy (non-hydrogen) atoms. The number of rotatable bonds is 3. The largest absolute Gasteiger partial charge is 0.0841 e. The fourth-order valence-electron chi connectivity index (χ4n) is 3.42. The minimum absolute atomic E-state index is 0.199. The minimum atomic E-state index is 0.199. The Balaban J connectivity index is 1.69. The third-order valence-corrected chi connectivity index (χ3v) is 5.43. The van der Waals surface area contributed by atoms with Crippen molar-refractivity contribution in [2.75, 3.05) is 0 Å². The molecule has 1 saturated carbocycles. The van der Waals surface area contributed by atoms with E-state index < -0.39 is 0 Å². The van der Waals surface area contributed by atoms with Gasteiger partial charge in [0, 0.05) is 10.4 Å². The second kappa shape index (κ2) is 5.54. The first-order valence-corrected chi connectivity index (χ1v) is 8.49. The molecule has 0 radical (unpaired) electrons. The summed E-state index contributed by atoms with van der Waals surface area (Å²) in [5, 5.41) is 0.851. The zero-order chi connectivity index (χ0) is 15.9. The van der Waals surface area contributed by atoms with Crippen LogP contribution in [0.4, 0.5) is 0 Å². The maximum absolute atomic E-state index is 6.19. The van der Waals surface area contributed by atoms with Gasteiger partial charge in [0.15, 0.2) is 0 Å². The van der Waals surface area contributed by atoms with E-state index in [9.17, 15) is 0 Å². The lowest BCUT2D eigenvalue weighted by Gasteiger charge is -2.18. The molecule has 0 aromatic heterocycles. The lowest BCUT2D eigenvalue weighted by atomic mass is 9.86. The summed E-state index contributed by atoms with van der Waals surface area (Å²) < 4.78 is 0. The summed E-state index contributed by atoms with van der Waals surface area (Å²) in [7, 11) is 0. The zero-order valence-electron chi connectivity index (χ0n) is 13.2. The molecule has 0 unspecified atom stereocenters. The molecule has 0 aliphatic heterocycles. The second-order valence-corrected chi connectivity index (χ2v) is 6.90. The Bertz CT molecular complexity index is 828. The van der Waals surface area contributed by atoms with Crippen LogP contribution in [0.5, 0.6) is 0 Å². The SMILES string of the molecule is Cc1cc(C2(c3ccc(-c4ccccc4)cc3)CC2)ccc1Cl. The third kappa shape index (κ3) is 2.58. The molecule has 1 heteroatoms. The van der Waals surface area contributed by atoms with E-state index in [1.807, 2.05) is 6.07 Å². The number of benzene rings is 3. The van der Waals surface area contributed by atoms with Gasteiger partial charge in [0.25, 0.3) is 0 Å². The highest BCUT2D eigenvalue weighted by molar-refractivity contribution is 6.31. The van der Waals surface area contributed by atoms with E-state index in [0.717, 1.165) is 10.6 Å².